The summed E-state index contributed by atoms with van der Waals surface area (Å²) < 4.78 is 8.64. The van der Waals surface area contributed by atoms with E-state index >= 15 is 0 Å². The maximum Gasteiger partial charge on any atom is 0.119 e. The van der Waals surface area contributed by atoms with E-state index in [9.17, 15) is 0 Å². The molecule has 0 unspecified atom stereocenters. The van der Waals surface area contributed by atoms with Crippen LogP contribution < -0.4 is 4.74 Å². The Hall–Kier alpha value is -3.04. The van der Waals surface area contributed by atoms with Gasteiger partial charge < -0.3 is 9.30 Å². The van der Waals surface area contributed by atoms with Gasteiger partial charge in [-0.3, -0.25) is 4.90 Å². The fourth-order valence-electron chi connectivity index (χ4n) is 5.85. The molecule has 3 nitrogen and oxygen atoms in total. The highest BCUT2D eigenvalue weighted by atomic mass is 16.5. The van der Waals surface area contributed by atoms with E-state index in [1.54, 1.807) is 11.3 Å². The molecule has 0 bridgehead atoms. The van der Waals surface area contributed by atoms with Crippen molar-refractivity contribution in [1.82, 2.24) is 9.47 Å². The van der Waals surface area contributed by atoms with Crippen molar-refractivity contribution >= 4 is 10.9 Å². The highest BCUT2D eigenvalue weighted by molar-refractivity contribution is 5.87. The van der Waals surface area contributed by atoms with Gasteiger partial charge in [0.05, 0.1) is 6.04 Å². The van der Waals surface area contributed by atoms with Gasteiger partial charge in [0.2, 0.25) is 0 Å². The second-order valence-electron chi connectivity index (χ2n) is 9.69. The normalized spacial score (nSPS) is 18.2. The average molecular weight is 437 g/mol. The highest BCUT2D eigenvalue weighted by Gasteiger charge is 2.33. The molecule has 168 valence electrons. The standard InChI is InChI=1S/C30H32N2O/c1-22-11-16-28-27(19-22)26-9-5-10-29-30(26)32(28)18-6-17-31(29)20-23-12-14-25(15-13-23)33-21-24-7-3-2-4-8-24/h2-4,7-8,11-16,19,29H,5-6,9-10,17-18,20-21H2,1H3/t29-/m1/s1. The summed E-state index contributed by atoms with van der Waals surface area (Å²) in [5.41, 5.74) is 8.59. The summed E-state index contributed by atoms with van der Waals surface area (Å²) in [6.07, 6.45) is 4.98. The van der Waals surface area contributed by atoms with Crippen LogP contribution in [0.5, 0.6) is 5.75 Å². The van der Waals surface area contributed by atoms with Crippen LogP contribution in [0.4, 0.5) is 0 Å². The highest BCUT2D eigenvalue weighted by Crippen LogP contribution is 2.42. The lowest BCUT2D eigenvalue weighted by molar-refractivity contribution is 0.173. The minimum absolute atomic E-state index is 0.526. The molecule has 33 heavy (non-hydrogen) atoms. The molecule has 2 heterocycles. The van der Waals surface area contributed by atoms with Gasteiger partial charge in [-0.1, -0.05) is 54.1 Å². The van der Waals surface area contributed by atoms with Gasteiger partial charge in [-0.2, -0.15) is 0 Å². The van der Waals surface area contributed by atoms with Crippen molar-refractivity contribution in [3.05, 3.63) is 101 Å². The van der Waals surface area contributed by atoms with Crippen LogP contribution in [0.3, 0.4) is 0 Å². The average Bonchev–Trinajstić information content (AvgIpc) is 3.04. The molecule has 3 aromatic carbocycles. The van der Waals surface area contributed by atoms with Crippen LogP contribution in [0.2, 0.25) is 0 Å². The summed E-state index contributed by atoms with van der Waals surface area (Å²) in [6, 6.07) is 26.7. The molecule has 6 rings (SSSR count). The Morgan fingerprint density at radius 3 is 2.58 bits per heavy atom. The first-order valence-electron chi connectivity index (χ1n) is 12.4. The Morgan fingerprint density at radius 2 is 1.73 bits per heavy atom. The number of fused-ring (bicyclic) bond motifs is 3. The van der Waals surface area contributed by atoms with Gasteiger partial charge in [-0.25, -0.2) is 0 Å². The van der Waals surface area contributed by atoms with Crippen molar-refractivity contribution < 1.29 is 4.74 Å². The van der Waals surface area contributed by atoms with Gasteiger partial charge in [0.25, 0.3) is 0 Å². The van der Waals surface area contributed by atoms with Crippen molar-refractivity contribution in [2.45, 2.75) is 58.3 Å². The van der Waals surface area contributed by atoms with Crippen molar-refractivity contribution in [2.75, 3.05) is 6.54 Å². The Labute approximate surface area is 196 Å². The zero-order chi connectivity index (χ0) is 22.2. The first-order valence-corrected chi connectivity index (χ1v) is 12.4. The summed E-state index contributed by atoms with van der Waals surface area (Å²) >= 11 is 0. The van der Waals surface area contributed by atoms with Crippen LogP contribution in [0.25, 0.3) is 10.9 Å². The molecule has 0 amide bonds. The zero-order valence-corrected chi connectivity index (χ0v) is 19.5. The first kappa shape index (κ1) is 20.6. The van der Waals surface area contributed by atoms with Crippen LogP contribution in [-0.2, 0) is 26.1 Å². The van der Waals surface area contributed by atoms with Gasteiger partial charge in [0, 0.05) is 36.2 Å². The van der Waals surface area contributed by atoms with Crippen molar-refractivity contribution in [3.8, 4) is 5.75 Å². The Balaban J connectivity index is 1.22. The third-order valence-electron chi connectivity index (χ3n) is 7.41. The van der Waals surface area contributed by atoms with E-state index in [1.165, 1.54) is 53.3 Å². The van der Waals surface area contributed by atoms with Crippen molar-refractivity contribution in [2.24, 2.45) is 0 Å². The number of nitrogens with zero attached hydrogens (tertiary/aromatic N) is 2. The molecule has 1 aliphatic heterocycles. The summed E-state index contributed by atoms with van der Waals surface area (Å²) in [5, 5.41) is 1.50. The number of ether oxygens (including phenoxy) is 1. The van der Waals surface area contributed by atoms with E-state index in [-0.39, 0.29) is 0 Å². The number of aromatic nitrogens is 1. The van der Waals surface area contributed by atoms with E-state index < -0.39 is 0 Å². The van der Waals surface area contributed by atoms with Gasteiger partial charge in [-0.15, -0.1) is 0 Å². The first-order chi connectivity index (χ1) is 16.3. The third kappa shape index (κ3) is 3.95. The van der Waals surface area contributed by atoms with Gasteiger partial charge in [0.1, 0.15) is 12.4 Å². The number of hydrogen-bond acceptors (Lipinski definition) is 2. The van der Waals surface area contributed by atoms with Crippen molar-refractivity contribution in [1.29, 1.82) is 0 Å². The fourth-order valence-corrected chi connectivity index (χ4v) is 5.85. The predicted molar refractivity (Wildman–Crippen MR) is 135 cm³/mol. The molecule has 1 aliphatic carbocycles. The van der Waals surface area contributed by atoms with Crippen LogP contribution in [-0.4, -0.2) is 16.0 Å². The lowest BCUT2D eigenvalue weighted by Gasteiger charge is -2.33. The number of aryl methyl sites for hydroxylation is 3. The predicted octanol–water partition coefficient (Wildman–Crippen LogP) is 6.81. The van der Waals surface area contributed by atoms with Crippen LogP contribution in [0, 0.1) is 6.92 Å². The summed E-state index contributed by atoms with van der Waals surface area (Å²) in [4.78, 5) is 2.73. The van der Waals surface area contributed by atoms with Crippen LogP contribution >= 0.6 is 0 Å². The quantitative estimate of drug-likeness (QED) is 0.342. The Bertz CT molecular complexity index is 1250. The van der Waals surface area contributed by atoms with Gasteiger partial charge >= 0.3 is 0 Å². The smallest absolute Gasteiger partial charge is 0.119 e. The molecule has 1 aromatic heterocycles. The maximum atomic E-state index is 6.00. The topological polar surface area (TPSA) is 17.4 Å². The summed E-state index contributed by atoms with van der Waals surface area (Å²) in [6.45, 7) is 6.12. The molecule has 0 spiro atoms. The molecule has 0 saturated carbocycles. The van der Waals surface area contributed by atoms with Crippen LogP contribution in [0.15, 0.2) is 72.8 Å². The molecule has 0 saturated heterocycles. The molecule has 4 aromatic rings. The molecule has 0 N–H and O–H groups in total. The minimum Gasteiger partial charge on any atom is -0.489 e. The van der Waals surface area contributed by atoms with E-state index in [2.05, 4.69) is 83.1 Å². The molecule has 0 radical (unpaired) electrons. The van der Waals surface area contributed by atoms with E-state index in [0.717, 1.165) is 25.4 Å². The van der Waals surface area contributed by atoms with E-state index in [0.29, 0.717) is 12.6 Å². The number of hydrogen-bond donors (Lipinski definition) is 0. The van der Waals surface area contributed by atoms with E-state index in [1.807, 2.05) is 6.07 Å². The largest absolute Gasteiger partial charge is 0.489 e. The monoisotopic (exact) mass is 436 g/mol. The van der Waals surface area contributed by atoms with Gasteiger partial charge in [0.15, 0.2) is 0 Å². The molecular formula is C30H32N2O. The maximum absolute atomic E-state index is 6.00. The number of benzene rings is 3. The second-order valence-corrected chi connectivity index (χ2v) is 9.69. The Morgan fingerprint density at radius 1 is 0.879 bits per heavy atom. The lowest BCUT2D eigenvalue weighted by atomic mass is 9.90. The Kier molecular flexibility index (Phi) is 5.43. The summed E-state index contributed by atoms with van der Waals surface area (Å²) in [7, 11) is 0. The fraction of sp³-hybridized carbons (Fsp3) is 0.333. The number of rotatable bonds is 5. The SMILES string of the molecule is Cc1ccc2c(c1)c1c3n2CCCN(Cc2ccc(OCc4ccccc4)cc2)[C@@H]3CCC1. The molecule has 0 fully saturated rings. The molecule has 1 atom stereocenters. The summed E-state index contributed by atoms with van der Waals surface area (Å²) in [5.74, 6) is 0.939. The lowest BCUT2D eigenvalue weighted by Crippen LogP contribution is -2.31. The zero-order valence-electron chi connectivity index (χ0n) is 19.5. The molecule has 3 heteroatoms. The van der Waals surface area contributed by atoms with Crippen molar-refractivity contribution in [3.63, 3.8) is 0 Å². The molecule has 2 aliphatic rings. The van der Waals surface area contributed by atoms with Crippen LogP contribution in [0.1, 0.15) is 53.3 Å². The van der Waals surface area contributed by atoms with E-state index in [4.69, 9.17) is 4.74 Å². The van der Waals surface area contributed by atoms with Gasteiger partial charge in [-0.05, 0) is 73.6 Å². The minimum atomic E-state index is 0.526. The second kappa shape index (κ2) is 8.72. The molecular weight excluding hydrogens is 404 g/mol. The third-order valence-corrected chi connectivity index (χ3v) is 7.41.